The van der Waals surface area contributed by atoms with Crippen LogP contribution >= 0.6 is 0 Å². The number of aliphatic carboxylic acids is 1. The van der Waals surface area contributed by atoms with Crippen molar-refractivity contribution in [2.45, 2.75) is 170 Å². The summed E-state index contributed by atoms with van der Waals surface area (Å²) in [5.74, 6) is -6.09. The monoisotopic (exact) mass is 842 g/mol. The number of amides is 1. The van der Waals surface area contributed by atoms with Crippen molar-refractivity contribution in [3.8, 4) is 0 Å². The highest BCUT2D eigenvalue weighted by Crippen LogP contribution is 2.43. The van der Waals surface area contributed by atoms with Crippen LogP contribution in [0, 0.1) is 11.8 Å². The normalized spacial score (nSPS) is 47.1. The van der Waals surface area contributed by atoms with Gasteiger partial charge in [-0.1, -0.05) is 13.8 Å². The Balaban J connectivity index is 1.39. The molecule has 21 atom stereocenters. The number of carboxylic acid groups (broad SMARTS) is 1. The fraction of sp³-hybridized carbons (Fsp3) is 0.944. The molecule has 5 saturated heterocycles. The summed E-state index contributed by atoms with van der Waals surface area (Å²) in [6.07, 6.45) is -20.0. The van der Waals surface area contributed by atoms with Gasteiger partial charge in [0.25, 0.3) is 5.79 Å². The molecule has 0 saturated carbocycles. The molecule has 0 aromatic carbocycles. The van der Waals surface area contributed by atoms with E-state index in [9.17, 15) is 50.4 Å². The average molecular weight is 843 g/mol. The first kappa shape index (κ1) is 47.3. The highest BCUT2D eigenvalue weighted by molar-refractivity contribution is 5.75. The summed E-state index contributed by atoms with van der Waals surface area (Å²) < 4.78 is 60.5. The topological polar surface area (TPSA) is 326 Å². The maximum atomic E-state index is 12.4. The Bertz CT molecular complexity index is 1340. The zero-order chi connectivity index (χ0) is 42.6. The summed E-state index contributed by atoms with van der Waals surface area (Å²) in [4.78, 5) is 24.8. The van der Waals surface area contributed by atoms with Gasteiger partial charge in [0, 0.05) is 32.3 Å². The van der Waals surface area contributed by atoms with Gasteiger partial charge in [0.05, 0.1) is 38.1 Å². The van der Waals surface area contributed by atoms with E-state index in [2.05, 4.69) is 5.32 Å². The average Bonchev–Trinajstić information content (AvgIpc) is 3.56. The summed E-state index contributed by atoms with van der Waals surface area (Å²) in [5, 5.41) is 87.2. The van der Waals surface area contributed by atoms with Gasteiger partial charge < -0.3 is 99.3 Å². The van der Waals surface area contributed by atoms with Crippen LogP contribution in [0.2, 0.25) is 0 Å². The van der Waals surface area contributed by atoms with Gasteiger partial charge in [-0.3, -0.25) is 4.79 Å². The predicted octanol–water partition coefficient (Wildman–Crippen LogP) is -4.01. The number of unbranched alkanes of at least 4 members (excludes halogenated alkanes) is 2. The van der Waals surface area contributed by atoms with Crippen LogP contribution in [-0.2, 0) is 57.0 Å². The number of carbonyl (C=O) groups is 2. The second kappa shape index (κ2) is 20.4. The first-order valence-corrected chi connectivity index (χ1v) is 19.8. The van der Waals surface area contributed by atoms with Crippen molar-refractivity contribution in [1.82, 2.24) is 5.32 Å². The molecule has 20 unspecified atom stereocenters. The van der Waals surface area contributed by atoms with E-state index in [-0.39, 0.29) is 6.61 Å². The molecule has 0 bridgehead atoms. The number of nitrogens with two attached hydrogens (primary N) is 1. The van der Waals surface area contributed by atoms with Gasteiger partial charge in [-0.05, 0) is 32.7 Å². The van der Waals surface area contributed by atoms with Crippen LogP contribution in [0.3, 0.4) is 0 Å². The Labute approximate surface area is 335 Å². The van der Waals surface area contributed by atoms with Gasteiger partial charge in [-0.2, -0.15) is 0 Å². The number of ether oxygens (including phenoxy) is 10. The molecule has 5 heterocycles. The number of carboxylic acids is 1. The summed E-state index contributed by atoms with van der Waals surface area (Å²) >= 11 is 0. The Morgan fingerprint density at radius 1 is 0.672 bits per heavy atom. The first-order chi connectivity index (χ1) is 27.5. The molecule has 0 aromatic rings. The van der Waals surface area contributed by atoms with Gasteiger partial charge in [-0.15, -0.1) is 0 Å². The minimum absolute atomic E-state index is 0.263. The molecule has 22 nitrogen and oxygen atoms in total. The highest BCUT2D eigenvalue weighted by atomic mass is 16.8. The van der Waals surface area contributed by atoms with Crippen molar-refractivity contribution in [3.05, 3.63) is 0 Å². The number of aliphatic hydroxyl groups excluding tert-OH is 7. The van der Waals surface area contributed by atoms with E-state index in [1.54, 1.807) is 13.8 Å². The highest BCUT2D eigenvalue weighted by Gasteiger charge is 2.62. The van der Waals surface area contributed by atoms with Crippen molar-refractivity contribution >= 4 is 11.9 Å². The molecule has 5 aliphatic heterocycles. The molecular weight excluding hydrogens is 780 g/mol. The molecule has 58 heavy (non-hydrogen) atoms. The van der Waals surface area contributed by atoms with E-state index in [1.807, 2.05) is 0 Å². The summed E-state index contributed by atoms with van der Waals surface area (Å²) in [6.45, 7) is 5.78. The van der Waals surface area contributed by atoms with Crippen LogP contribution in [0.1, 0.15) is 53.9 Å². The zero-order valence-corrected chi connectivity index (χ0v) is 33.3. The summed E-state index contributed by atoms with van der Waals surface area (Å²) in [7, 11) is 0. The Morgan fingerprint density at radius 3 is 1.84 bits per heavy atom. The fourth-order valence-electron chi connectivity index (χ4n) is 7.94. The number of nitrogens with one attached hydrogen (secondary N) is 1. The third-order valence-corrected chi connectivity index (χ3v) is 11.4. The second-order valence-corrected chi connectivity index (χ2v) is 15.7. The molecule has 0 radical (unpaired) electrons. The smallest absolute Gasteiger partial charge is 0.364 e. The van der Waals surface area contributed by atoms with Gasteiger partial charge in [0.1, 0.15) is 67.1 Å². The van der Waals surface area contributed by atoms with Crippen molar-refractivity contribution < 1.29 is 97.8 Å². The molecular formula is C36H62N2O20. The maximum absolute atomic E-state index is 12.4. The van der Waals surface area contributed by atoms with Gasteiger partial charge in [0.15, 0.2) is 25.2 Å². The molecule has 5 aliphatic rings. The molecule has 22 heteroatoms. The van der Waals surface area contributed by atoms with Gasteiger partial charge >= 0.3 is 5.97 Å². The Morgan fingerprint density at radius 2 is 1.24 bits per heavy atom. The third-order valence-electron chi connectivity index (χ3n) is 11.4. The van der Waals surface area contributed by atoms with Crippen LogP contribution in [0.25, 0.3) is 0 Å². The van der Waals surface area contributed by atoms with E-state index < -0.39 is 160 Å². The zero-order valence-electron chi connectivity index (χ0n) is 33.3. The Kier molecular flexibility index (Phi) is 16.6. The van der Waals surface area contributed by atoms with E-state index >= 15 is 0 Å². The number of aliphatic hydroxyl groups is 7. The van der Waals surface area contributed by atoms with E-state index in [0.717, 1.165) is 19.8 Å². The van der Waals surface area contributed by atoms with Crippen molar-refractivity contribution in [2.75, 3.05) is 33.0 Å². The molecule has 0 aliphatic carbocycles. The molecule has 1 amide bonds. The largest absolute Gasteiger partial charge is 0.477 e. The Hall–Kier alpha value is -1.78. The van der Waals surface area contributed by atoms with Crippen LogP contribution in [-0.4, -0.2) is 202 Å². The van der Waals surface area contributed by atoms with Gasteiger partial charge in [0.2, 0.25) is 5.91 Å². The number of rotatable bonds is 17. The third kappa shape index (κ3) is 10.1. The van der Waals surface area contributed by atoms with Crippen LogP contribution in [0.4, 0.5) is 0 Å². The lowest BCUT2D eigenvalue weighted by molar-refractivity contribution is -0.369. The minimum Gasteiger partial charge on any atom is -0.477 e. The standard InChI is InChI=1S/C36H62N2O20/c1-14-22(43)24(45)18(11-39)51-31(14)55-27-20(13-41)53-34(30-29(27)57-36(5,58-30)35(47)48)54-26-15(2)32(52-19(12-40)25(26)46)56-28-21(38-17(4)42)33(50-16(3)23(28)44)49-10-8-6-7-9-37/h14-16,18-34,39-41,43-46H,6-13,37H2,1-5H3,(H,38,42)(H,47,48)/t14?,15?,16?,18?,19?,20?,21?,22?,23?,24?,25?,26?,27?,28?,29?,30?,31?,32?,33?,34?,36-/m0/s1. The SMILES string of the molecule is CC(=O)NC1C(OCCCCCN)OC(C)C(O)C1OC1OC(CO)C(O)C(OC2OC(CO)C(OC3OC(CO)C(O)C(O)C3C)C3O[C@](C)(C(=O)O)OC23)C1C. The van der Waals surface area contributed by atoms with E-state index in [4.69, 9.17) is 53.1 Å². The van der Waals surface area contributed by atoms with Crippen LogP contribution < -0.4 is 11.1 Å². The van der Waals surface area contributed by atoms with Gasteiger partial charge in [-0.25, -0.2) is 4.79 Å². The number of carbonyl (C=O) groups excluding carboxylic acids is 1. The lowest BCUT2D eigenvalue weighted by Gasteiger charge is -2.50. The molecule has 5 fully saturated rings. The quantitative estimate of drug-likeness (QED) is 0.0624. The summed E-state index contributed by atoms with van der Waals surface area (Å²) in [5.41, 5.74) is 5.60. The molecule has 11 N–H and O–H groups in total. The molecule has 0 aromatic heterocycles. The van der Waals surface area contributed by atoms with Crippen molar-refractivity contribution in [1.29, 1.82) is 0 Å². The lowest BCUT2D eigenvalue weighted by atomic mass is 9.90. The second-order valence-electron chi connectivity index (χ2n) is 15.7. The minimum atomic E-state index is -2.29. The first-order valence-electron chi connectivity index (χ1n) is 19.8. The van der Waals surface area contributed by atoms with Crippen molar-refractivity contribution in [3.63, 3.8) is 0 Å². The molecule has 336 valence electrons. The maximum Gasteiger partial charge on any atom is 0.364 e. The fourth-order valence-corrected chi connectivity index (χ4v) is 7.94. The number of fused-ring (bicyclic) bond motifs is 1. The number of hydrogen-bond donors (Lipinski definition) is 10. The van der Waals surface area contributed by atoms with Crippen LogP contribution in [0.15, 0.2) is 0 Å². The molecule has 5 rings (SSSR count). The van der Waals surface area contributed by atoms with E-state index in [0.29, 0.717) is 13.0 Å². The van der Waals surface area contributed by atoms with Crippen molar-refractivity contribution in [2.24, 2.45) is 17.6 Å². The lowest BCUT2D eigenvalue weighted by Crippen LogP contribution is -2.67. The van der Waals surface area contributed by atoms with Crippen LogP contribution in [0.5, 0.6) is 0 Å². The predicted molar refractivity (Wildman–Crippen MR) is 191 cm³/mol. The van der Waals surface area contributed by atoms with E-state index in [1.165, 1.54) is 13.8 Å². The molecule has 0 spiro atoms. The number of hydrogen-bond acceptors (Lipinski definition) is 20. The summed E-state index contributed by atoms with van der Waals surface area (Å²) in [6, 6.07) is -1.04.